The average molecular weight is 567 g/mol. The van der Waals surface area contributed by atoms with Gasteiger partial charge in [0.15, 0.2) is 23.0 Å². The van der Waals surface area contributed by atoms with Gasteiger partial charge < -0.3 is 28.4 Å². The maximum Gasteiger partial charge on any atom is 0.204 e. The van der Waals surface area contributed by atoms with E-state index in [0.717, 1.165) is 33.4 Å². The molecule has 0 atom stereocenters. The summed E-state index contributed by atoms with van der Waals surface area (Å²) in [5, 5.41) is 0. The Morgan fingerprint density at radius 1 is 0.524 bits per heavy atom. The Bertz CT molecular complexity index is 1380. The monoisotopic (exact) mass is 566 g/mol. The van der Waals surface area contributed by atoms with Crippen molar-refractivity contribution >= 4 is 0 Å². The molecule has 0 heterocycles. The smallest absolute Gasteiger partial charge is 0.204 e. The minimum absolute atomic E-state index is 0.332. The molecular formula is C36H38O6. The predicted molar refractivity (Wildman–Crippen MR) is 167 cm³/mol. The summed E-state index contributed by atoms with van der Waals surface area (Å²) in [6.45, 7) is 8.67. The molecule has 6 nitrogen and oxygen atoms in total. The van der Waals surface area contributed by atoms with E-state index in [2.05, 4.69) is 13.2 Å². The van der Waals surface area contributed by atoms with Crippen molar-refractivity contribution in [3.8, 4) is 45.6 Å². The lowest BCUT2D eigenvalue weighted by atomic mass is 9.89. The molecule has 0 unspecified atom stereocenters. The average Bonchev–Trinajstić information content (AvgIpc) is 3.03. The fraction of sp³-hybridized carbons (Fsp3) is 0.222. The lowest BCUT2D eigenvalue weighted by Crippen LogP contribution is -2.07. The lowest BCUT2D eigenvalue weighted by Gasteiger charge is -2.25. The van der Waals surface area contributed by atoms with E-state index in [-0.39, 0.29) is 0 Å². The number of allylic oxidation sites excluding steroid dienone is 2. The first-order chi connectivity index (χ1) is 20.6. The zero-order valence-electron chi connectivity index (χ0n) is 24.8. The minimum Gasteiger partial charge on any atom is -0.493 e. The fourth-order valence-electron chi connectivity index (χ4n) is 4.94. The maximum absolute atomic E-state index is 6.39. The highest BCUT2D eigenvalue weighted by Crippen LogP contribution is 2.54. The molecule has 0 aromatic heterocycles. The van der Waals surface area contributed by atoms with Crippen LogP contribution in [0.2, 0.25) is 0 Å². The number of methoxy groups -OCH3 is 4. The normalized spacial score (nSPS) is 10.5. The van der Waals surface area contributed by atoms with E-state index in [1.54, 1.807) is 28.4 Å². The first kappa shape index (κ1) is 30.1. The first-order valence-electron chi connectivity index (χ1n) is 13.7. The Balaban J connectivity index is 1.98. The minimum atomic E-state index is 0.332. The molecule has 0 aliphatic heterocycles. The van der Waals surface area contributed by atoms with Crippen LogP contribution in [0.1, 0.15) is 22.3 Å². The van der Waals surface area contributed by atoms with Gasteiger partial charge in [0.25, 0.3) is 0 Å². The third-order valence-corrected chi connectivity index (χ3v) is 6.85. The van der Waals surface area contributed by atoms with E-state index in [0.29, 0.717) is 60.6 Å². The third kappa shape index (κ3) is 6.55. The molecule has 0 radical (unpaired) electrons. The quantitative estimate of drug-likeness (QED) is 0.136. The second-order valence-electron chi connectivity index (χ2n) is 9.48. The molecule has 6 heteroatoms. The van der Waals surface area contributed by atoms with Crippen LogP contribution in [-0.4, -0.2) is 28.4 Å². The van der Waals surface area contributed by atoms with E-state index < -0.39 is 0 Å². The van der Waals surface area contributed by atoms with Crippen molar-refractivity contribution < 1.29 is 28.4 Å². The van der Waals surface area contributed by atoms with Crippen molar-refractivity contribution in [1.82, 2.24) is 0 Å². The molecule has 0 saturated carbocycles. The summed E-state index contributed by atoms with van der Waals surface area (Å²) in [6.07, 6.45) is 4.78. The zero-order chi connectivity index (χ0) is 29.9. The van der Waals surface area contributed by atoms with Crippen LogP contribution in [0.5, 0.6) is 34.5 Å². The van der Waals surface area contributed by atoms with E-state index in [1.165, 1.54) is 0 Å². The van der Waals surface area contributed by atoms with Crippen LogP contribution in [0.3, 0.4) is 0 Å². The van der Waals surface area contributed by atoms with Crippen molar-refractivity contribution in [2.45, 2.75) is 26.1 Å². The van der Waals surface area contributed by atoms with Crippen LogP contribution in [0.15, 0.2) is 98.1 Å². The van der Waals surface area contributed by atoms with Gasteiger partial charge >= 0.3 is 0 Å². The molecule has 0 saturated heterocycles. The lowest BCUT2D eigenvalue weighted by molar-refractivity contribution is 0.264. The van der Waals surface area contributed by atoms with Crippen molar-refractivity contribution in [3.05, 3.63) is 120 Å². The van der Waals surface area contributed by atoms with E-state index in [9.17, 15) is 0 Å². The fourth-order valence-corrected chi connectivity index (χ4v) is 4.94. The molecule has 4 aromatic carbocycles. The first-order valence-corrected chi connectivity index (χ1v) is 13.7. The van der Waals surface area contributed by atoms with Crippen LogP contribution in [0, 0.1) is 0 Å². The molecular weight excluding hydrogens is 528 g/mol. The zero-order valence-corrected chi connectivity index (χ0v) is 24.8. The Morgan fingerprint density at radius 3 is 1.21 bits per heavy atom. The second-order valence-corrected chi connectivity index (χ2v) is 9.48. The summed E-state index contributed by atoms with van der Waals surface area (Å²) in [5.74, 6) is 3.12. The third-order valence-electron chi connectivity index (χ3n) is 6.85. The van der Waals surface area contributed by atoms with Gasteiger partial charge in [-0.1, -0.05) is 72.8 Å². The number of hydrogen-bond donors (Lipinski definition) is 0. The number of rotatable bonds is 15. The van der Waals surface area contributed by atoms with Crippen LogP contribution >= 0.6 is 0 Å². The summed E-state index contributed by atoms with van der Waals surface area (Å²) < 4.78 is 36.6. The van der Waals surface area contributed by atoms with Gasteiger partial charge in [-0.2, -0.15) is 0 Å². The van der Waals surface area contributed by atoms with Crippen LogP contribution in [0.25, 0.3) is 11.1 Å². The van der Waals surface area contributed by atoms with E-state index >= 15 is 0 Å². The molecule has 42 heavy (non-hydrogen) atoms. The molecule has 0 spiro atoms. The van der Waals surface area contributed by atoms with Gasteiger partial charge in [-0.25, -0.2) is 0 Å². The summed E-state index contributed by atoms with van der Waals surface area (Å²) >= 11 is 0. The molecule has 218 valence electrons. The van der Waals surface area contributed by atoms with Crippen molar-refractivity contribution in [3.63, 3.8) is 0 Å². The number of ether oxygens (including phenoxy) is 6. The summed E-state index contributed by atoms with van der Waals surface area (Å²) in [5.41, 5.74) is 5.47. The summed E-state index contributed by atoms with van der Waals surface area (Å²) in [6, 6.07) is 23.8. The Morgan fingerprint density at radius 2 is 0.905 bits per heavy atom. The summed E-state index contributed by atoms with van der Waals surface area (Å²) in [4.78, 5) is 0. The van der Waals surface area contributed by atoms with Gasteiger partial charge in [0, 0.05) is 11.1 Å². The maximum atomic E-state index is 6.39. The van der Waals surface area contributed by atoms with Crippen molar-refractivity contribution in [1.29, 1.82) is 0 Å². The number of hydrogen-bond acceptors (Lipinski definition) is 6. The molecule has 4 rings (SSSR count). The predicted octanol–water partition coefficient (Wildman–Crippen LogP) is 8.00. The Hall–Kier alpha value is -4.84. The standard InChI is InChI=1S/C36H38O6/c1-7-15-27-21-29(37-3)33(41-23-25-17-11-9-12-18-25)35(39-5)31(27)32-28(16-8-2)22-30(38-4)34(36(32)40-6)42-24-26-19-13-10-14-20-26/h7-14,17-22H,1-2,15-16,23-24H2,3-6H3. The van der Waals surface area contributed by atoms with E-state index in [4.69, 9.17) is 28.4 Å². The Kier molecular flexibility index (Phi) is 10.5. The van der Waals surface area contributed by atoms with Crippen LogP contribution in [-0.2, 0) is 26.1 Å². The summed E-state index contributed by atoms with van der Waals surface area (Å²) in [7, 11) is 6.49. The van der Waals surface area contributed by atoms with Gasteiger partial charge in [0.2, 0.25) is 11.5 Å². The van der Waals surface area contributed by atoms with Gasteiger partial charge in [-0.15, -0.1) is 13.2 Å². The SMILES string of the molecule is C=CCc1cc(OC)c(OCc2ccccc2)c(OC)c1-c1c(CC=C)cc(OC)c(OCc2ccccc2)c1OC. The molecule has 0 N–H and O–H groups in total. The molecule has 0 fully saturated rings. The number of benzene rings is 4. The highest BCUT2D eigenvalue weighted by molar-refractivity contribution is 5.88. The molecule has 0 aliphatic carbocycles. The molecule has 0 amide bonds. The molecule has 4 aromatic rings. The topological polar surface area (TPSA) is 55.4 Å². The van der Waals surface area contributed by atoms with Gasteiger partial charge in [-0.3, -0.25) is 0 Å². The van der Waals surface area contributed by atoms with Gasteiger partial charge in [0.1, 0.15) is 13.2 Å². The molecule has 0 bridgehead atoms. The second kappa shape index (κ2) is 14.7. The van der Waals surface area contributed by atoms with Gasteiger partial charge in [-0.05, 0) is 47.2 Å². The largest absolute Gasteiger partial charge is 0.493 e. The molecule has 0 aliphatic rings. The highest BCUT2D eigenvalue weighted by Gasteiger charge is 2.29. The van der Waals surface area contributed by atoms with Crippen LogP contribution < -0.4 is 28.4 Å². The van der Waals surface area contributed by atoms with Crippen molar-refractivity contribution in [2.24, 2.45) is 0 Å². The van der Waals surface area contributed by atoms with Crippen molar-refractivity contribution in [2.75, 3.05) is 28.4 Å². The van der Waals surface area contributed by atoms with E-state index in [1.807, 2.05) is 84.9 Å². The highest BCUT2D eigenvalue weighted by atomic mass is 16.5. The van der Waals surface area contributed by atoms with Gasteiger partial charge in [0.05, 0.1) is 28.4 Å². The Labute approximate surface area is 248 Å². The van der Waals surface area contributed by atoms with Crippen LogP contribution in [0.4, 0.5) is 0 Å².